The van der Waals surface area contributed by atoms with Gasteiger partial charge < -0.3 is 19.3 Å². The molecule has 0 unspecified atom stereocenters. The average molecular weight is 384 g/mol. The Labute approximate surface area is 164 Å². The number of rotatable bonds is 6. The second-order valence-electron chi connectivity index (χ2n) is 6.56. The molecule has 28 heavy (non-hydrogen) atoms. The SMILES string of the molecule is CCOc1ccc([C@H]2OC(c3ccccc3OC(C)C)=NN2C(C)=O)cc1O. The third-order valence-electron chi connectivity index (χ3n) is 4.01. The Balaban J connectivity index is 1.94. The summed E-state index contributed by atoms with van der Waals surface area (Å²) in [5, 5.41) is 15.8. The molecule has 1 amide bonds. The van der Waals surface area contributed by atoms with Crippen molar-refractivity contribution >= 4 is 11.8 Å². The van der Waals surface area contributed by atoms with E-state index in [2.05, 4.69) is 5.10 Å². The Morgan fingerprint density at radius 3 is 2.64 bits per heavy atom. The van der Waals surface area contributed by atoms with E-state index in [1.165, 1.54) is 18.0 Å². The number of carbonyl (C=O) groups excluding carboxylic acids is 1. The number of hydrogen-bond donors (Lipinski definition) is 1. The lowest BCUT2D eigenvalue weighted by Crippen LogP contribution is -2.25. The van der Waals surface area contributed by atoms with Crippen molar-refractivity contribution in [3.05, 3.63) is 53.6 Å². The third kappa shape index (κ3) is 4.03. The summed E-state index contributed by atoms with van der Waals surface area (Å²) in [6.07, 6.45) is -0.813. The van der Waals surface area contributed by atoms with Gasteiger partial charge in [-0.2, -0.15) is 5.01 Å². The second kappa shape index (κ2) is 8.21. The Morgan fingerprint density at radius 1 is 1.25 bits per heavy atom. The lowest BCUT2D eigenvalue weighted by molar-refractivity contribution is -0.135. The van der Waals surface area contributed by atoms with Crippen molar-refractivity contribution in [2.45, 2.75) is 40.0 Å². The first kappa shape index (κ1) is 19.5. The fourth-order valence-electron chi connectivity index (χ4n) is 2.86. The van der Waals surface area contributed by atoms with E-state index in [9.17, 15) is 9.90 Å². The van der Waals surface area contributed by atoms with Crippen LogP contribution in [0.25, 0.3) is 0 Å². The van der Waals surface area contributed by atoms with Crippen LogP contribution in [0.4, 0.5) is 0 Å². The molecule has 148 valence electrons. The maximum Gasteiger partial charge on any atom is 0.244 e. The molecule has 3 rings (SSSR count). The molecule has 1 N–H and O–H groups in total. The van der Waals surface area contributed by atoms with Crippen LogP contribution in [0.15, 0.2) is 47.6 Å². The van der Waals surface area contributed by atoms with Crippen molar-refractivity contribution in [2.24, 2.45) is 5.10 Å². The second-order valence-corrected chi connectivity index (χ2v) is 6.56. The fraction of sp³-hybridized carbons (Fsp3) is 0.333. The minimum absolute atomic E-state index is 0.0223. The molecule has 2 aromatic carbocycles. The lowest BCUT2D eigenvalue weighted by Gasteiger charge is -2.20. The molecule has 0 fully saturated rings. The number of aromatic hydroxyl groups is 1. The third-order valence-corrected chi connectivity index (χ3v) is 4.01. The number of phenols is 1. The molecular formula is C21H24N2O5. The number of hydrazone groups is 1. The summed E-state index contributed by atoms with van der Waals surface area (Å²) >= 11 is 0. The van der Waals surface area contributed by atoms with E-state index in [1.54, 1.807) is 12.1 Å². The summed E-state index contributed by atoms with van der Waals surface area (Å²) in [6, 6.07) is 12.3. The van der Waals surface area contributed by atoms with Crippen LogP contribution in [0, 0.1) is 0 Å². The van der Waals surface area contributed by atoms with Gasteiger partial charge in [-0.25, -0.2) is 0 Å². The molecule has 7 heteroatoms. The van der Waals surface area contributed by atoms with Gasteiger partial charge in [0.1, 0.15) is 5.75 Å². The van der Waals surface area contributed by atoms with Gasteiger partial charge in [0.25, 0.3) is 0 Å². The van der Waals surface area contributed by atoms with E-state index in [1.807, 2.05) is 45.0 Å². The summed E-state index contributed by atoms with van der Waals surface area (Å²) in [5.41, 5.74) is 1.23. The van der Waals surface area contributed by atoms with Gasteiger partial charge in [0.05, 0.1) is 18.3 Å². The number of carbonyl (C=O) groups is 1. The predicted molar refractivity (Wildman–Crippen MR) is 104 cm³/mol. The van der Waals surface area contributed by atoms with E-state index in [4.69, 9.17) is 14.2 Å². The maximum atomic E-state index is 12.1. The van der Waals surface area contributed by atoms with Gasteiger partial charge in [0.2, 0.25) is 18.0 Å². The standard InChI is InChI=1S/C21H24N2O5/c1-5-26-19-11-10-15(12-17(19)25)21-23(14(4)24)22-20(28-21)16-8-6-7-9-18(16)27-13(2)3/h6-13,21,25H,5H2,1-4H3/t21-/m1/s1. The molecule has 0 saturated carbocycles. The van der Waals surface area contributed by atoms with Gasteiger partial charge in [-0.15, -0.1) is 5.10 Å². The highest BCUT2D eigenvalue weighted by atomic mass is 16.5. The van der Waals surface area contributed by atoms with Gasteiger partial charge in [-0.05, 0) is 51.1 Å². The van der Waals surface area contributed by atoms with Crippen LogP contribution >= 0.6 is 0 Å². The first-order chi connectivity index (χ1) is 13.4. The van der Waals surface area contributed by atoms with Crippen molar-refractivity contribution in [1.82, 2.24) is 5.01 Å². The van der Waals surface area contributed by atoms with Crippen molar-refractivity contribution in [1.29, 1.82) is 0 Å². The normalized spacial score (nSPS) is 16.0. The number of para-hydroxylation sites is 1. The molecule has 0 aliphatic carbocycles. The lowest BCUT2D eigenvalue weighted by atomic mass is 10.1. The van der Waals surface area contributed by atoms with Crippen molar-refractivity contribution in [3.8, 4) is 17.2 Å². The monoisotopic (exact) mass is 384 g/mol. The number of benzene rings is 2. The first-order valence-electron chi connectivity index (χ1n) is 9.17. The molecule has 1 heterocycles. The van der Waals surface area contributed by atoms with Gasteiger partial charge in [0, 0.05) is 12.5 Å². The van der Waals surface area contributed by atoms with Crippen LogP contribution < -0.4 is 9.47 Å². The highest BCUT2D eigenvalue weighted by molar-refractivity contribution is 5.98. The predicted octanol–water partition coefficient (Wildman–Crippen LogP) is 3.82. The van der Waals surface area contributed by atoms with Crippen molar-refractivity contribution in [2.75, 3.05) is 6.61 Å². The number of ether oxygens (including phenoxy) is 3. The molecular weight excluding hydrogens is 360 g/mol. The Morgan fingerprint density at radius 2 is 2.00 bits per heavy atom. The minimum atomic E-state index is -0.791. The van der Waals surface area contributed by atoms with Crippen LogP contribution in [0.3, 0.4) is 0 Å². The molecule has 0 saturated heterocycles. The highest BCUT2D eigenvalue weighted by Gasteiger charge is 2.34. The zero-order valence-corrected chi connectivity index (χ0v) is 16.4. The smallest absolute Gasteiger partial charge is 0.244 e. The number of hydrogen-bond acceptors (Lipinski definition) is 6. The highest BCUT2D eigenvalue weighted by Crippen LogP contribution is 2.36. The molecule has 0 spiro atoms. The van der Waals surface area contributed by atoms with Crippen LogP contribution in [-0.2, 0) is 9.53 Å². The zero-order chi connectivity index (χ0) is 20.3. The number of nitrogens with zero attached hydrogens (tertiary/aromatic N) is 2. The molecule has 2 aromatic rings. The van der Waals surface area contributed by atoms with Gasteiger partial charge in [-0.1, -0.05) is 12.1 Å². The van der Waals surface area contributed by atoms with Crippen LogP contribution in [0.2, 0.25) is 0 Å². The molecule has 1 aliphatic heterocycles. The van der Waals surface area contributed by atoms with Gasteiger partial charge in [0.15, 0.2) is 11.5 Å². The Kier molecular flexibility index (Phi) is 5.73. The quantitative estimate of drug-likeness (QED) is 0.819. The van der Waals surface area contributed by atoms with E-state index < -0.39 is 6.23 Å². The van der Waals surface area contributed by atoms with E-state index in [0.29, 0.717) is 29.2 Å². The number of amides is 1. The minimum Gasteiger partial charge on any atom is -0.504 e. The van der Waals surface area contributed by atoms with Crippen molar-refractivity contribution < 1.29 is 24.1 Å². The summed E-state index contributed by atoms with van der Waals surface area (Å²) < 4.78 is 17.2. The molecule has 0 radical (unpaired) electrons. The topological polar surface area (TPSA) is 80.6 Å². The Hall–Kier alpha value is -3.22. The summed E-state index contributed by atoms with van der Waals surface area (Å²) in [5.74, 6) is 0.967. The number of phenolic OH excluding ortho intramolecular Hbond substituents is 1. The van der Waals surface area contributed by atoms with E-state index >= 15 is 0 Å². The van der Waals surface area contributed by atoms with E-state index in [-0.39, 0.29) is 23.7 Å². The molecule has 7 nitrogen and oxygen atoms in total. The maximum absolute atomic E-state index is 12.1. The average Bonchev–Trinajstić information content (AvgIpc) is 3.09. The van der Waals surface area contributed by atoms with Crippen LogP contribution in [0.1, 0.15) is 45.0 Å². The van der Waals surface area contributed by atoms with Crippen molar-refractivity contribution in [3.63, 3.8) is 0 Å². The zero-order valence-electron chi connectivity index (χ0n) is 16.4. The van der Waals surface area contributed by atoms with Gasteiger partial charge in [-0.3, -0.25) is 4.79 Å². The summed E-state index contributed by atoms with van der Waals surface area (Å²) in [6.45, 7) is 7.55. The fourth-order valence-corrected chi connectivity index (χ4v) is 2.86. The summed E-state index contributed by atoms with van der Waals surface area (Å²) in [4.78, 5) is 12.1. The first-order valence-corrected chi connectivity index (χ1v) is 9.17. The molecule has 0 bridgehead atoms. The summed E-state index contributed by atoms with van der Waals surface area (Å²) in [7, 11) is 0. The van der Waals surface area contributed by atoms with E-state index in [0.717, 1.165) is 0 Å². The van der Waals surface area contributed by atoms with Crippen LogP contribution in [0.5, 0.6) is 17.2 Å². The van der Waals surface area contributed by atoms with Gasteiger partial charge >= 0.3 is 0 Å². The Bertz CT molecular complexity index is 894. The largest absolute Gasteiger partial charge is 0.504 e. The molecule has 1 atom stereocenters. The molecule has 1 aliphatic rings. The molecule has 0 aromatic heterocycles. The van der Waals surface area contributed by atoms with Crippen LogP contribution in [-0.4, -0.2) is 34.6 Å².